The summed E-state index contributed by atoms with van der Waals surface area (Å²) in [7, 11) is 0. The van der Waals surface area contributed by atoms with E-state index in [0.717, 1.165) is 12.4 Å². The van der Waals surface area contributed by atoms with Gasteiger partial charge >= 0.3 is 5.69 Å². The van der Waals surface area contributed by atoms with Crippen LogP contribution in [-0.4, -0.2) is 26.4 Å². The Labute approximate surface area is 162 Å². The van der Waals surface area contributed by atoms with Gasteiger partial charge in [-0.2, -0.15) is 5.10 Å². The Bertz CT molecular complexity index is 1060. The minimum atomic E-state index is -0.285. The van der Waals surface area contributed by atoms with E-state index in [-0.39, 0.29) is 11.1 Å². The van der Waals surface area contributed by atoms with Crippen molar-refractivity contribution in [1.29, 1.82) is 0 Å². The lowest BCUT2D eigenvalue weighted by molar-refractivity contribution is 0.0529. The maximum absolute atomic E-state index is 11.9. The molecule has 1 aromatic carbocycles. The predicted octanol–water partition coefficient (Wildman–Crippen LogP) is 3.40. The Hall–Kier alpha value is -2.93. The molecule has 1 spiro atoms. The summed E-state index contributed by atoms with van der Waals surface area (Å²) < 4.78 is 13.4. The van der Waals surface area contributed by atoms with Gasteiger partial charge in [0.1, 0.15) is 11.6 Å². The van der Waals surface area contributed by atoms with Gasteiger partial charge in [-0.3, -0.25) is 0 Å². The summed E-state index contributed by atoms with van der Waals surface area (Å²) in [5, 5.41) is 6.35. The summed E-state index contributed by atoms with van der Waals surface area (Å²) in [5.41, 5.74) is 3.14. The van der Waals surface area contributed by atoms with E-state index in [1.54, 1.807) is 25.3 Å². The van der Waals surface area contributed by atoms with Gasteiger partial charge in [0.15, 0.2) is 0 Å². The smallest absolute Gasteiger partial charge is 0.347 e. The van der Waals surface area contributed by atoms with Gasteiger partial charge in [-0.05, 0) is 49.1 Å². The third-order valence-electron chi connectivity index (χ3n) is 5.89. The molecule has 0 radical (unpaired) electrons. The molecule has 0 amide bonds. The molecule has 2 aliphatic rings. The van der Waals surface area contributed by atoms with Gasteiger partial charge in [-0.15, -0.1) is 0 Å². The van der Waals surface area contributed by atoms with Gasteiger partial charge in [0.2, 0.25) is 5.88 Å². The number of fused-ring (bicyclic) bond motifs is 2. The first-order valence-corrected chi connectivity index (χ1v) is 9.64. The summed E-state index contributed by atoms with van der Waals surface area (Å²) in [5.74, 6) is 1.86. The number of aryl methyl sites for hydroxylation is 1. The van der Waals surface area contributed by atoms with Crippen LogP contribution in [0, 0.1) is 6.92 Å². The van der Waals surface area contributed by atoms with Crippen molar-refractivity contribution >= 4 is 0 Å². The predicted molar refractivity (Wildman–Crippen MR) is 103 cm³/mol. The zero-order valence-corrected chi connectivity index (χ0v) is 15.8. The van der Waals surface area contributed by atoms with Crippen LogP contribution in [0.25, 0.3) is 5.69 Å². The number of benzene rings is 1. The number of aromatic amines is 1. The highest BCUT2D eigenvalue weighted by Crippen LogP contribution is 2.46. The molecule has 1 N–H and O–H groups in total. The van der Waals surface area contributed by atoms with E-state index in [0.29, 0.717) is 24.0 Å². The zero-order valence-electron chi connectivity index (χ0n) is 15.8. The fraction of sp³-hybridized carbons (Fsp3) is 0.381. The van der Waals surface area contributed by atoms with Gasteiger partial charge in [-0.25, -0.2) is 19.4 Å². The Morgan fingerprint density at radius 1 is 1.21 bits per heavy atom. The van der Waals surface area contributed by atoms with Crippen LogP contribution in [0.1, 0.15) is 42.6 Å². The van der Waals surface area contributed by atoms with Crippen molar-refractivity contribution in [2.75, 3.05) is 6.61 Å². The lowest BCUT2D eigenvalue weighted by Crippen LogP contribution is -2.33. The number of aromatic nitrogens is 4. The molecule has 28 heavy (non-hydrogen) atoms. The Kier molecular flexibility index (Phi) is 4.05. The quantitative estimate of drug-likeness (QED) is 0.755. The molecule has 1 fully saturated rings. The molecule has 2 aromatic heterocycles. The first-order chi connectivity index (χ1) is 13.6. The summed E-state index contributed by atoms with van der Waals surface area (Å²) in [6.45, 7) is 3.23. The lowest BCUT2D eigenvalue weighted by Gasteiger charge is -2.35. The first kappa shape index (κ1) is 17.2. The van der Waals surface area contributed by atoms with Gasteiger partial charge < -0.3 is 9.47 Å². The van der Waals surface area contributed by atoms with E-state index < -0.39 is 0 Å². The second kappa shape index (κ2) is 6.60. The number of ether oxygens (including phenoxy) is 2. The van der Waals surface area contributed by atoms with Crippen LogP contribution >= 0.6 is 0 Å². The number of nitrogens with zero attached hydrogens (tertiary/aromatic N) is 3. The molecule has 144 valence electrons. The van der Waals surface area contributed by atoms with E-state index in [2.05, 4.69) is 27.3 Å². The molecule has 1 saturated carbocycles. The van der Waals surface area contributed by atoms with Crippen LogP contribution in [0.15, 0.2) is 41.3 Å². The second-order valence-corrected chi connectivity index (χ2v) is 7.67. The van der Waals surface area contributed by atoms with Crippen molar-refractivity contribution in [3.63, 3.8) is 0 Å². The van der Waals surface area contributed by atoms with Gasteiger partial charge in [-0.1, -0.05) is 18.9 Å². The van der Waals surface area contributed by atoms with Gasteiger partial charge in [0.05, 0.1) is 25.1 Å². The third kappa shape index (κ3) is 2.82. The van der Waals surface area contributed by atoms with E-state index in [1.807, 2.05) is 6.07 Å². The molecule has 3 heterocycles. The largest absolute Gasteiger partial charge is 0.439 e. The zero-order chi connectivity index (χ0) is 19.1. The summed E-state index contributed by atoms with van der Waals surface area (Å²) >= 11 is 0. The molecular formula is C21H22N4O3. The first-order valence-electron chi connectivity index (χ1n) is 9.64. The number of nitrogens with one attached hydrogen (secondary N) is 1. The fourth-order valence-corrected chi connectivity index (χ4v) is 4.50. The van der Waals surface area contributed by atoms with Crippen LogP contribution in [0.5, 0.6) is 11.6 Å². The Balaban J connectivity index is 1.42. The molecule has 0 bridgehead atoms. The maximum Gasteiger partial charge on any atom is 0.347 e. The van der Waals surface area contributed by atoms with Crippen LogP contribution in [0.2, 0.25) is 0 Å². The normalized spacial score (nSPS) is 17.6. The summed E-state index contributed by atoms with van der Waals surface area (Å²) in [6, 6.07) is 9.80. The minimum Gasteiger partial charge on any atom is -0.439 e. The van der Waals surface area contributed by atoms with Crippen molar-refractivity contribution in [1.82, 2.24) is 19.7 Å². The minimum absolute atomic E-state index is 0.143. The van der Waals surface area contributed by atoms with Crippen LogP contribution in [-0.2, 0) is 16.8 Å². The van der Waals surface area contributed by atoms with Crippen LogP contribution in [0.4, 0.5) is 0 Å². The molecule has 0 saturated heterocycles. The van der Waals surface area contributed by atoms with Crippen molar-refractivity contribution in [2.45, 2.75) is 44.6 Å². The molecule has 3 aromatic rings. The van der Waals surface area contributed by atoms with Crippen LogP contribution < -0.4 is 10.4 Å². The topological polar surface area (TPSA) is 82.0 Å². The Morgan fingerprint density at radius 3 is 2.79 bits per heavy atom. The number of H-pyrrole nitrogens is 1. The van der Waals surface area contributed by atoms with Gasteiger partial charge in [0, 0.05) is 11.5 Å². The molecular weight excluding hydrogens is 356 g/mol. The average molecular weight is 378 g/mol. The maximum atomic E-state index is 11.9. The second-order valence-electron chi connectivity index (χ2n) is 7.67. The van der Waals surface area contributed by atoms with Crippen molar-refractivity contribution in [3.8, 4) is 17.3 Å². The molecule has 0 unspecified atom stereocenters. The van der Waals surface area contributed by atoms with Crippen LogP contribution in [0.3, 0.4) is 0 Å². The monoisotopic (exact) mass is 378 g/mol. The van der Waals surface area contributed by atoms with Crippen molar-refractivity contribution in [2.24, 2.45) is 0 Å². The van der Waals surface area contributed by atoms with Crippen molar-refractivity contribution in [3.05, 3.63) is 64.0 Å². The molecule has 1 aliphatic carbocycles. The molecule has 0 atom stereocenters. The summed E-state index contributed by atoms with van der Waals surface area (Å²) in [6.07, 6.45) is 6.47. The van der Waals surface area contributed by atoms with E-state index in [4.69, 9.17) is 9.47 Å². The lowest BCUT2D eigenvalue weighted by atomic mass is 9.76. The van der Waals surface area contributed by atoms with E-state index >= 15 is 0 Å². The highest BCUT2D eigenvalue weighted by molar-refractivity contribution is 5.44. The Morgan fingerprint density at radius 2 is 2.07 bits per heavy atom. The number of hydrogen-bond donors (Lipinski definition) is 1. The third-order valence-corrected chi connectivity index (χ3v) is 5.89. The molecule has 5 rings (SSSR count). The summed E-state index contributed by atoms with van der Waals surface area (Å²) in [4.78, 5) is 16.2. The molecule has 7 nitrogen and oxygen atoms in total. The molecule has 1 aliphatic heterocycles. The van der Waals surface area contributed by atoms with Gasteiger partial charge in [0.25, 0.3) is 0 Å². The number of rotatable bonds is 3. The van der Waals surface area contributed by atoms with E-state index in [9.17, 15) is 4.79 Å². The number of hydrogen-bond acceptors (Lipinski definition) is 5. The molecule has 7 heteroatoms. The SMILES string of the molecule is Cc1n[nH]c(=O)n1-c1ccc(Oc2ccc3c(c2)C2(CCCC2)COC3)nc1. The average Bonchev–Trinajstić information content (AvgIpc) is 3.31. The standard InChI is InChI=1S/C21H22N4O3/c1-14-23-24-20(26)25(14)16-5-7-19(22-11-16)28-17-6-4-15-12-27-13-21(18(15)10-17)8-2-3-9-21/h4-7,10-11H,2-3,8-9,12-13H2,1H3,(H,24,26). The van der Waals surface area contributed by atoms with E-state index in [1.165, 1.54) is 41.4 Å². The fourth-order valence-electron chi connectivity index (χ4n) is 4.50. The van der Waals surface area contributed by atoms with Crippen molar-refractivity contribution < 1.29 is 9.47 Å². The highest BCUT2D eigenvalue weighted by atomic mass is 16.5. The number of pyridine rings is 1. The highest BCUT2D eigenvalue weighted by Gasteiger charge is 2.40.